The molecule has 2 aromatic heterocycles. The fraction of sp³-hybridized carbons (Fsp3) is 0.500. The minimum Gasteiger partial charge on any atom is -0.469 e. The molecule has 0 aliphatic heterocycles. The number of nitrogens with two attached hydrogens (primary N) is 1. The van der Waals surface area contributed by atoms with Crippen molar-refractivity contribution in [1.29, 1.82) is 0 Å². The van der Waals surface area contributed by atoms with Gasteiger partial charge in [0.15, 0.2) is 0 Å². The summed E-state index contributed by atoms with van der Waals surface area (Å²) < 4.78 is 7.35. The van der Waals surface area contributed by atoms with E-state index in [0.29, 0.717) is 6.42 Å². The molecule has 2 N–H and O–H groups in total. The molecule has 2 rings (SSSR count). The van der Waals surface area contributed by atoms with Gasteiger partial charge in [0.05, 0.1) is 22.7 Å². The summed E-state index contributed by atoms with van der Waals surface area (Å²) in [4.78, 5) is 0. The van der Waals surface area contributed by atoms with Crippen molar-refractivity contribution in [3.8, 4) is 0 Å². The molecule has 5 heteroatoms. The Labute approximate surface area is 118 Å². The SMILES string of the molecule is CCc1occc1C(N)Cc1c(Cl)c(C)nn1CC. The number of aromatic nitrogens is 2. The number of rotatable bonds is 5. The first-order chi connectivity index (χ1) is 9.08. The molecular formula is C14H20ClN3O. The Morgan fingerprint density at radius 3 is 2.84 bits per heavy atom. The summed E-state index contributed by atoms with van der Waals surface area (Å²) in [5, 5.41) is 5.13. The van der Waals surface area contributed by atoms with Gasteiger partial charge in [0.2, 0.25) is 0 Å². The van der Waals surface area contributed by atoms with Crippen LogP contribution in [0.25, 0.3) is 0 Å². The Bertz CT molecular complexity index is 559. The van der Waals surface area contributed by atoms with Gasteiger partial charge >= 0.3 is 0 Å². The van der Waals surface area contributed by atoms with Gasteiger partial charge in [-0.05, 0) is 19.9 Å². The molecule has 0 bridgehead atoms. The van der Waals surface area contributed by atoms with Gasteiger partial charge in [-0.25, -0.2) is 0 Å². The Morgan fingerprint density at radius 1 is 1.47 bits per heavy atom. The van der Waals surface area contributed by atoms with Crippen molar-refractivity contribution in [2.45, 2.75) is 46.2 Å². The summed E-state index contributed by atoms with van der Waals surface area (Å²) in [6.45, 7) is 6.82. The topological polar surface area (TPSA) is 57.0 Å². The molecule has 19 heavy (non-hydrogen) atoms. The van der Waals surface area contributed by atoms with Crippen molar-refractivity contribution >= 4 is 11.6 Å². The molecule has 0 saturated carbocycles. The molecule has 2 aromatic rings. The van der Waals surface area contributed by atoms with Crippen molar-refractivity contribution in [3.05, 3.63) is 40.1 Å². The highest BCUT2D eigenvalue weighted by molar-refractivity contribution is 6.31. The van der Waals surface area contributed by atoms with Crippen LogP contribution in [0.4, 0.5) is 0 Å². The second-order valence-electron chi connectivity index (χ2n) is 4.63. The summed E-state index contributed by atoms with van der Waals surface area (Å²) in [6, 6.07) is 1.82. The molecule has 0 aliphatic rings. The van der Waals surface area contributed by atoms with Gasteiger partial charge < -0.3 is 10.2 Å². The number of nitrogens with zero attached hydrogens (tertiary/aromatic N) is 2. The lowest BCUT2D eigenvalue weighted by Crippen LogP contribution is -2.17. The summed E-state index contributed by atoms with van der Waals surface area (Å²) in [5.41, 5.74) is 9.20. The molecular weight excluding hydrogens is 262 g/mol. The van der Waals surface area contributed by atoms with E-state index in [1.807, 2.05) is 24.6 Å². The molecule has 104 valence electrons. The Morgan fingerprint density at radius 2 is 2.21 bits per heavy atom. The quantitative estimate of drug-likeness (QED) is 0.915. The molecule has 0 radical (unpaired) electrons. The van der Waals surface area contributed by atoms with Crippen LogP contribution in [0, 0.1) is 6.92 Å². The monoisotopic (exact) mass is 281 g/mol. The molecule has 0 fully saturated rings. The molecule has 0 spiro atoms. The van der Waals surface area contributed by atoms with E-state index in [4.69, 9.17) is 21.8 Å². The van der Waals surface area contributed by atoms with Crippen molar-refractivity contribution in [1.82, 2.24) is 9.78 Å². The average molecular weight is 282 g/mol. The van der Waals surface area contributed by atoms with Gasteiger partial charge in [0.25, 0.3) is 0 Å². The Hall–Kier alpha value is -1.26. The smallest absolute Gasteiger partial charge is 0.108 e. The van der Waals surface area contributed by atoms with Crippen LogP contribution in [0.2, 0.25) is 5.02 Å². The molecule has 0 aromatic carbocycles. The van der Waals surface area contributed by atoms with Gasteiger partial charge in [-0.15, -0.1) is 0 Å². The van der Waals surface area contributed by atoms with Crippen LogP contribution >= 0.6 is 11.6 Å². The standard InChI is InChI=1S/C14H20ClN3O/c1-4-13-10(6-7-19-13)11(16)8-12-14(15)9(3)17-18(12)5-2/h6-7,11H,4-5,8,16H2,1-3H3. The van der Waals surface area contributed by atoms with Gasteiger partial charge in [-0.2, -0.15) is 5.10 Å². The zero-order valence-corrected chi connectivity index (χ0v) is 12.4. The van der Waals surface area contributed by atoms with Gasteiger partial charge in [-0.3, -0.25) is 4.68 Å². The fourth-order valence-corrected chi connectivity index (χ4v) is 2.56. The predicted molar refractivity (Wildman–Crippen MR) is 76.4 cm³/mol. The maximum Gasteiger partial charge on any atom is 0.108 e. The lowest BCUT2D eigenvalue weighted by atomic mass is 10.0. The first kappa shape index (κ1) is 14.2. The maximum atomic E-state index is 6.31. The van der Waals surface area contributed by atoms with Crippen molar-refractivity contribution < 1.29 is 4.42 Å². The highest BCUT2D eigenvalue weighted by atomic mass is 35.5. The van der Waals surface area contributed by atoms with E-state index in [-0.39, 0.29) is 6.04 Å². The second-order valence-corrected chi connectivity index (χ2v) is 5.00. The van der Waals surface area contributed by atoms with Crippen LogP contribution < -0.4 is 5.73 Å². The third-order valence-electron chi connectivity index (χ3n) is 3.37. The average Bonchev–Trinajstić information content (AvgIpc) is 2.98. The maximum absolute atomic E-state index is 6.31. The lowest BCUT2D eigenvalue weighted by Gasteiger charge is -2.13. The summed E-state index contributed by atoms with van der Waals surface area (Å²) in [6.07, 6.45) is 3.20. The fourth-order valence-electron chi connectivity index (χ4n) is 2.35. The van der Waals surface area contributed by atoms with E-state index in [1.54, 1.807) is 6.26 Å². The van der Waals surface area contributed by atoms with E-state index in [0.717, 1.165) is 40.7 Å². The molecule has 0 amide bonds. The van der Waals surface area contributed by atoms with E-state index in [2.05, 4.69) is 12.0 Å². The lowest BCUT2D eigenvalue weighted by molar-refractivity contribution is 0.503. The normalized spacial score (nSPS) is 12.9. The first-order valence-electron chi connectivity index (χ1n) is 6.62. The number of hydrogen-bond acceptors (Lipinski definition) is 3. The van der Waals surface area contributed by atoms with Crippen LogP contribution in [0.5, 0.6) is 0 Å². The van der Waals surface area contributed by atoms with Crippen LogP contribution in [0.3, 0.4) is 0 Å². The molecule has 1 unspecified atom stereocenters. The molecule has 0 aliphatic carbocycles. The summed E-state index contributed by atoms with van der Waals surface area (Å²) in [5.74, 6) is 0.947. The minimum atomic E-state index is -0.118. The molecule has 4 nitrogen and oxygen atoms in total. The zero-order valence-electron chi connectivity index (χ0n) is 11.6. The number of hydrogen-bond donors (Lipinski definition) is 1. The van der Waals surface area contributed by atoms with Gasteiger partial charge in [0.1, 0.15) is 5.76 Å². The van der Waals surface area contributed by atoms with E-state index >= 15 is 0 Å². The third-order valence-corrected chi connectivity index (χ3v) is 3.86. The van der Waals surface area contributed by atoms with Gasteiger partial charge in [-0.1, -0.05) is 18.5 Å². The Kier molecular flexibility index (Phi) is 4.32. The van der Waals surface area contributed by atoms with Crippen LogP contribution in [-0.4, -0.2) is 9.78 Å². The van der Waals surface area contributed by atoms with Crippen LogP contribution in [0.1, 0.15) is 42.6 Å². The minimum absolute atomic E-state index is 0.118. The largest absolute Gasteiger partial charge is 0.469 e. The van der Waals surface area contributed by atoms with E-state index in [9.17, 15) is 0 Å². The Balaban J connectivity index is 2.26. The second kappa shape index (κ2) is 5.80. The molecule has 0 saturated heterocycles. The van der Waals surface area contributed by atoms with Crippen molar-refractivity contribution in [2.75, 3.05) is 0 Å². The summed E-state index contributed by atoms with van der Waals surface area (Å²) >= 11 is 6.31. The van der Waals surface area contributed by atoms with Crippen molar-refractivity contribution in [3.63, 3.8) is 0 Å². The zero-order chi connectivity index (χ0) is 14.0. The van der Waals surface area contributed by atoms with E-state index < -0.39 is 0 Å². The van der Waals surface area contributed by atoms with Crippen LogP contribution in [-0.2, 0) is 19.4 Å². The first-order valence-corrected chi connectivity index (χ1v) is 6.99. The van der Waals surface area contributed by atoms with Gasteiger partial charge in [0, 0.05) is 31.0 Å². The highest BCUT2D eigenvalue weighted by Gasteiger charge is 2.19. The predicted octanol–water partition coefficient (Wildman–Crippen LogP) is 3.26. The highest BCUT2D eigenvalue weighted by Crippen LogP contribution is 2.27. The van der Waals surface area contributed by atoms with Crippen LogP contribution in [0.15, 0.2) is 16.7 Å². The summed E-state index contributed by atoms with van der Waals surface area (Å²) in [7, 11) is 0. The van der Waals surface area contributed by atoms with E-state index in [1.165, 1.54) is 0 Å². The van der Waals surface area contributed by atoms with Crippen molar-refractivity contribution in [2.24, 2.45) is 5.73 Å². The molecule has 2 heterocycles. The molecule has 1 atom stereocenters. The number of aryl methyl sites for hydroxylation is 3. The number of halogens is 1. The number of furan rings is 1. The third kappa shape index (κ3) is 2.69.